The average Bonchev–Trinajstić information content (AvgIpc) is 2.98. The van der Waals surface area contributed by atoms with Gasteiger partial charge in [-0.15, -0.1) is 0 Å². The van der Waals surface area contributed by atoms with Gasteiger partial charge >= 0.3 is 0 Å². The lowest BCUT2D eigenvalue weighted by atomic mass is 9.88. The van der Waals surface area contributed by atoms with Gasteiger partial charge in [0.1, 0.15) is 11.3 Å². The van der Waals surface area contributed by atoms with Gasteiger partial charge in [-0.25, -0.2) is 0 Å². The van der Waals surface area contributed by atoms with E-state index < -0.39 is 5.54 Å². The van der Waals surface area contributed by atoms with Crippen LogP contribution in [0.2, 0.25) is 0 Å². The fourth-order valence-electron chi connectivity index (χ4n) is 4.17. The van der Waals surface area contributed by atoms with Crippen LogP contribution in [0, 0.1) is 5.92 Å². The summed E-state index contributed by atoms with van der Waals surface area (Å²) in [6.45, 7) is 2.70. The lowest BCUT2D eigenvalue weighted by molar-refractivity contribution is -0.138. The molecule has 1 amide bonds. The van der Waals surface area contributed by atoms with Crippen molar-refractivity contribution < 1.29 is 9.53 Å². The number of piperidine rings is 1. The third kappa shape index (κ3) is 3.03. The Labute approximate surface area is 144 Å². The Balaban J connectivity index is 1.71. The summed E-state index contributed by atoms with van der Waals surface area (Å²) in [5.74, 6) is 1.64. The second-order valence-electron chi connectivity index (χ2n) is 7.09. The summed E-state index contributed by atoms with van der Waals surface area (Å²) in [6.07, 6.45) is 4.82. The van der Waals surface area contributed by atoms with Crippen molar-refractivity contribution in [1.82, 2.24) is 10.2 Å². The predicted molar refractivity (Wildman–Crippen MR) is 95.0 cm³/mol. The van der Waals surface area contributed by atoms with Crippen LogP contribution in [0.4, 0.5) is 0 Å². The summed E-state index contributed by atoms with van der Waals surface area (Å²) in [5.41, 5.74) is 7.78. The number of carbonyl (C=O) groups is 1. The van der Waals surface area contributed by atoms with Crippen molar-refractivity contribution >= 4 is 5.91 Å². The third-order valence-corrected chi connectivity index (χ3v) is 5.69. The lowest BCUT2D eigenvalue weighted by Crippen LogP contribution is -2.53. The number of likely N-dealkylation sites (tertiary alicyclic amines) is 1. The molecule has 1 aliphatic carbocycles. The van der Waals surface area contributed by atoms with Crippen LogP contribution in [0.3, 0.4) is 0 Å². The van der Waals surface area contributed by atoms with Crippen molar-refractivity contribution in [1.29, 1.82) is 0 Å². The predicted octanol–water partition coefficient (Wildman–Crippen LogP) is 1.64. The second kappa shape index (κ2) is 7.11. The molecule has 132 valence electrons. The second-order valence-corrected chi connectivity index (χ2v) is 7.09. The van der Waals surface area contributed by atoms with Gasteiger partial charge in [0, 0.05) is 13.1 Å². The maximum Gasteiger partial charge on any atom is 0.247 e. The van der Waals surface area contributed by atoms with Crippen molar-refractivity contribution in [3.05, 3.63) is 29.3 Å². The van der Waals surface area contributed by atoms with Crippen LogP contribution in [0.25, 0.3) is 0 Å². The molecule has 1 aliphatic heterocycles. The molecule has 24 heavy (non-hydrogen) atoms. The normalized spacial score (nSPS) is 24.0. The first kappa shape index (κ1) is 17.2. The Morgan fingerprint density at radius 3 is 2.83 bits per heavy atom. The van der Waals surface area contributed by atoms with Crippen LogP contribution < -0.4 is 15.8 Å². The Hall–Kier alpha value is -1.59. The molecule has 1 unspecified atom stereocenters. The molecule has 1 aromatic rings. The van der Waals surface area contributed by atoms with Gasteiger partial charge in [0.05, 0.1) is 7.11 Å². The Kier molecular flexibility index (Phi) is 5.11. The number of carbonyl (C=O) groups excluding carboxylic acids is 1. The zero-order valence-corrected chi connectivity index (χ0v) is 14.8. The topological polar surface area (TPSA) is 67.6 Å². The molecule has 0 radical (unpaired) electrons. The summed E-state index contributed by atoms with van der Waals surface area (Å²) in [7, 11) is 3.66. The summed E-state index contributed by atoms with van der Waals surface area (Å²) >= 11 is 0. The van der Waals surface area contributed by atoms with E-state index in [2.05, 4.69) is 5.32 Å². The van der Waals surface area contributed by atoms with Crippen LogP contribution in [-0.4, -0.2) is 44.6 Å². The maximum absolute atomic E-state index is 13.2. The monoisotopic (exact) mass is 331 g/mol. The van der Waals surface area contributed by atoms with E-state index in [-0.39, 0.29) is 5.91 Å². The zero-order chi connectivity index (χ0) is 17.2. The maximum atomic E-state index is 13.2. The number of hydrogen-bond acceptors (Lipinski definition) is 4. The number of rotatable bonds is 5. The standard InChI is InChI=1S/C19H29N3O2/c1-21-11-7-14-8-12-22(13-9-14)18(23)19(20)10-6-15-16(19)4-3-5-17(15)24-2/h3-5,14,21H,6-13,20H2,1-2H3. The lowest BCUT2D eigenvalue weighted by Gasteiger charge is -2.37. The quantitative estimate of drug-likeness (QED) is 0.861. The summed E-state index contributed by atoms with van der Waals surface area (Å²) in [4.78, 5) is 15.1. The largest absolute Gasteiger partial charge is 0.496 e. The molecule has 1 atom stereocenters. The van der Waals surface area contributed by atoms with Crippen molar-refractivity contribution in [2.24, 2.45) is 11.7 Å². The molecule has 0 aromatic heterocycles. The molecule has 0 spiro atoms. The fourth-order valence-corrected chi connectivity index (χ4v) is 4.17. The minimum atomic E-state index is -0.887. The van der Waals surface area contributed by atoms with Crippen LogP contribution >= 0.6 is 0 Å². The highest BCUT2D eigenvalue weighted by atomic mass is 16.5. The summed E-state index contributed by atoms with van der Waals surface area (Å²) < 4.78 is 5.44. The number of fused-ring (bicyclic) bond motifs is 1. The summed E-state index contributed by atoms with van der Waals surface area (Å²) in [5, 5.41) is 3.21. The number of benzene rings is 1. The van der Waals surface area contributed by atoms with E-state index in [1.807, 2.05) is 30.1 Å². The van der Waals surface area contributed by atoms with Gasteiger partial charge in [0.25, 0.3) is 0 Å². The van der Waals surface area contributed by atoms with E-state index >= 15 is 0 Å². The molecule has 3 N–H and O–H groups in total. The van der Waals surface area contributed by atoms with Crippen molar-refractivity contribution in [2.45, 2.75) is 37.6 Å². The first-order valence-corrected chi connectivity index (χ1v) is 8.99. The number of methoxy groups -OCH3 is 1. The number of ether oxygens (including phenoxy) is 1. The smallest absolute Gasteiger partial charge is 0.247 e. The van der Waals surface area contributed by atoms with Crippen LogP contribution in [0.15, 0.2) is 18.2 Å². The Morgan fingerprint density at radius 2 is 2.17 bits per heavy atom. The van der Waals surface area contributed by atoms with Gasteiger partial charge in [-0.1, -0.05) is 12.1 Å². The molecule has 5 heteroatoms. The van der Waals surface area contributed by atoms with Gasteiger partial charge in [-0.3, -0.25) is 4.79 Å². The number of amides is 1. The van der Waals surface area contributed by atoms with Gasteiger partial charge < -0.3 is 20.7 Å². The molecular weight excluding hydrogens is 302 g/mol. The van der Waals surface area contributed by atoms with E-state index in [0.717, 1.165) is 55.8 Å². The minimum Gasteiger partial charge on any atom is -0.496 e. The van der Waals surface area contributed by atoms with Crippen molar-refractivity contribution in [3.8, 4) is 5.75 Å². The molecule has 1 fully saturated rings. The molecule has 1 saturated heterocycles. The van der Waals surface area contributed by atoms with Crippen LogP contribution in [0.1, 0.15) is 36.8 Å². The van der Waals surface area contributed by atoms with Crippen LogP contribution in [0.5, 0.6) is 5.75 Å². The van der Waals surface area contributed by atoms with Crippen molar-refractivity contribution in [3.63, 3.8) is 0 Å². The molecule has 5 nitrogen and oxygen atoms in total. The highest BCUT2D eigenvalue weighted by molar-refractivity contribution is 5.89. The van der Waals surface area contributed by atoms with E-state index in [1.54, 1.807) is 7.11 Å². The molecule has 0 bridgehead atoms. The Bertz CT molecular complexity index is 596. The molecule has 1 heterocycles. The SMILES string of the molecule is CNCCC1CCN(C(=O)C2(N)CCc3c(OC)cccc32)CC1. The van der Waals surface area contributed by atoms with E-state index in [0.29, 0.717) is 12.3 Å². The van der Waals surface area contributed by atoms with Crippen LogP contribution in [-0.2, 0) is 16.8 Å². The summed E-state index contributed by atoms with van der Waals surface area (Å²) in [6, 6.07) is 5.87. The van der Waals surface area contributed by atoms with Gasteiger partial charge in [0.15, 0.2) is 0 Å². The highest BCUT2D eigenvalue weighted by Crippen LogP contribution is 2.41. The average molecular weight is 331 g/mol. The number of hydrogen-bond donors (Lipinski definition) is 2. The van der Waals surface area contributed by atoms with Gasteiger partial charge in [-0.2, -0.15) is 0 Å². The first-order chi connectivity index (χ1) is 11.6. The van der Waals surface area contributed by atoms with E-state index in [9.17, 15) is 4.79 Å². The fraction of sp³-hybridized carbons (Fsp3) is 0.632. The Morgan fingerprint density at radius 1 is 1.42 bits per heavy atom. The zero-order valence-electron chi connectivity index (χ0n) is 14.8. The first-order valence-electron chi connectivity index (χ1n) is 8.99. The molecule has 3 rings (SSSR count). The molecular formula is C19H29N3O2. The molecule has 0 saturated carbocycles. The molecule has 2 aliphatic rings. The van der Waals surface area contributed by atoms with E-state index in [4.69, 9.17) is 10.5 Å². The third-order valence-electron chi connectivity index (χ3n) is 5.69. The van der Waals surface area contributed by atoms with Gasteiger partial charge in [0.2, 0.25) is 5.91 Å². The number of nitrogens with two attached hydrogens (primary N) is 1. The highest BCUT2D eigenvalue weighted by Gasteiger charge is 2.45. The van der Waals surface area contributed by atoms with Gasteiger partial charge in [-0.05, 0) is 68.8 Å². The van der Waals surface area contributed by atoms with E-state index in [1.165, 1.54) is 6.42 Å². The minimum absolute atomic E-state index is 0.0848. The number of nitrogens with one attached hydrogen (secondary N) is 1. The molecule has 1 aromatic carbocycles. The van der Waals surface area contributed by atoms with Crippen molar-refractivity contribution in [2.75, 3.05) is 33.8 Å². The number of nitrogens with zero attached hydrogens (tertiary/aromatic N) is 1.